The Hall–Kier alpha value is -3.90. The van der Waals surface area contributed by atoms with Crippen LogP contribution in [-0.2, 0) is 5.75 Å². The van der Waals surface area contributed by atoms with Gasteiger partial charge >= 0.3 is 0 Å². The SMILES string of the molecule is CCOc1ccccc1-c1noc(CSc2nc(-c3ccccc3)c(C#N)c(=O)[nH]2)n1. The van der Waals surface area contributed by atoms with Crippen molar-refractivity contribution >= 4 is 11.8 Å². The molecule has 0 radical (unpaired) electrons. The van der Waals surface area contributed by atoms with Gasteiger partial charge in [-0.2, -0.15) is 10.2 Å². The molecule has 154 valence electrons. The minimum atomic E-state index is -0.490. The van der Waals surface area contributed by atoms with Crippen LogP contribution in [0.15, 0.2) is 69.1 Å². The molecule has 0 aliphatic carbocycles. The fourth-order valence-electron chi connectivity index (χ4n) is 2.92. The monoisotopic (exact) mass is 431 g/mol. The maximum absolute atomic E-state index is 12.4. The van der Waals surface area contributed by atoms with Crippen molar-refractivity contribution < 1.29 is 9.26 Å². The van der Waals surface area contributed by atoms with Gasteiger partial charge in [-0.1, -0.05) is 59.4 Å². The van der Waals surface area contributed by atoms with Crippen molar-refractivity contribution in [2.24, 2.45) is 0 Å². The largest absolute Gasteiger partial charge is 0.493 e. The van der Waals surface area contributed by atoms with E-state index in [9.17, 15) is 10.1 Å². The van der Waals surface area contributed by atoms with Gasteiger partial charge in [0.25, 0.3) is 5.56 Å². The molecule has 31 heavy (non-hydrogen) atoms. The van der Waals surface area contributed by atoms with Crippen LogP contribution in [0.25, 0.3) is 22.6 Å². The zero-order chi connectivity index (χ0) is 21.6. The van der Waals surface area contributed by atoms with Gasteiger partial charge in [0, 0.05) is 5.56 Å². The maximum Gasteiger partial charge on any atom is 0.270 e. The molecule has 1 N–H and O–H groups in total. The number of nitrogens with one attached hydrogen (secondary N) is 1. The maximum atomic E-state index is 12.4. The van der Waals surface area contributed by atoms with Gasteiger partial charge in [-0.25, -0.2) is 4.98 Å². The molecule has 9 heteroatoms. The van der Waals surface area contributed by atoms with E-state index in [-0.39, 0.29) is 5.56 Å². The number of hydrogen-bond donors (Lipinski definition) is 1. The highest BCUT2D eigenvalue weighted by Gasteiger charge is 2.16. The summed E-state index contributed by atoms with van der Waals surface area (Å²) in [6, 6.07) is 18.5. The van der Waals surface area contributed by atoms with E-state index in [4.69, 9.17) is 9.26 Å². The number of aromatic amines is 1. The average Bonchev–Trinajstić information content (AvgIpc) is 3.27. The first-order valence-corrected chi connectivity index (χ1v) is 10.5. The van der Waals surface area contributed by atoms with Gasteiger partial charge in [0.15, 0.2) is 5.16 Å². The summed E-state index contributed by atoms with van der Waals surface area (Å²) in [5, 5.41) is 13.8. The molecule has 0 spiro atoms. The van der Waals surface area contributed by atoms with E-state index in [1.54, 1.807) is 12.1 Å². The number of ether oxygens (including phenoxy) is 1. The van der Waals surface area contributed by atoms with Crippen LogP contribution < -0.4 is 10.3 Å². The Bertz CT molecular complexity index is 1290. The summed E-state index contributed by atoms with van der Waals surface area (Å²) in [6.45, 7) is 2.43. The number of thioether (sulfide) groups is 1. The normalized spacial score (nSPS) is 10.6. The van der Waals surface area contributed by atoms with Crippen LogP contribution in [0, 0.1) is 11.3 Å². The molecule has 0 saturated carbocycles. The van der Waals surface area contributed by atoms with E-state index in [2.05, 4.69) is 20.1 Å². The Labute approximate surface area is 181 Å². The third-order valence-corrected chi connectivity index (χ3v) is 5.14. The first kappa shape index (κ1) is 20.4. The second-order valence-electron chi connectivity index (χ2n) is 6.30. The molecule has 4 aromatic rings. The van der Waals surface area contributed by atoms with Crippen LogP contribution in [0.3, 0.4) is 0 Å². The summed E-state index contributed by atoms with van der Waals surface area (Å²) >= 11 is 1.24. The van der Waals surface area contributed by atoms with Crippen LogP contribution >= 0.6 is 11.8 Å². The Morgan fingerprint density at radius 3 is 2.68 bits per heavy atom. The number of aromatic nitrogens is 4. The van der Waals surface area contributed by atoms with Gasteiger partial charge in [0.2, 0.25) is 11.7 Å². The van der Waals surface area contributed by atoms with Crippen molar-refractivity contribution in [3.8, 4) is 34.5 Å². The van der Waals surface area contributed by atoms with E-state index < -0.39 is 5.56 Å². The van der Waals surface area contributed by atoms with Gasteiger partial charge in [-0.3, -0.25) is 4.79 Å². The highest BCUT2D eigenvalue weighted by Crippen LogP contribution is 2.29. The number of nitriles is 1. The predicted molar refractivity (Wildman–Crippen MR) is 115 cm³/mol. The third-order valence-electron chi connectivity index (χ3n) is 4.28. The smallest absolute Gasteiger partial charge is 0.270 e. The van der Waals surface area contributed by atoms with E-state index in [0.29, 0.717) is 46.2 Å². The van der Waals surface area contributed by atoms with Crippen LogP contribution in [-0.4, -0.2) is 26.7 Å². The second-order valence-corrected chi connectivity index (χ2v) is 7.27. The molecule has 4 rings (SSSR count). The van der Waals surface area contributed by atoms with Crippen LogP contribution in [0.2, 0.25) is 0 Å². The Morgan fingerprint density at radius 2 is 1.90 bits per heavy atom. The average molecular weight is 431 g/mol. The summed E-state index contributed by atoms with van der Waals surface area (Å²) in [7, 11) is 0. The first-order valence-electron chi connectivity index (χ1n) is 9.47. The molecule has 0 atom stereocenters. The van der Waals surface area contributed by atoms with Crippen LogP contribution in [0.4, 0.5) is 0 Å². The topological polar surface area (TPSA) is 118 Å². The Morgan fingerprint density at radius 1 is 1.13 bits per heavy atom. The Kier molecular flexibility index (Phi) is 6.10. The molecule has 0 saturated heterocycles. The van der Waals surface area contributed by atoms with Crippen LogP contribution in [0.1, 0.15) is 18.4 Å². The molecule has 0 aliphatic rings. The molecule has 8 nitrogen and oxygen atoms in total. The summed E-state index contributed by atoms with van der Waals surface area (Å²) in [5.41, 5.74) is 1.25. The molecule has 0 aliphatic heterocycles. The van der Waals surface area contributed by atoms with Gasteiger partial charge < -0.3 is 14.2 Å². The molecule has 0 fully saturated rings. The van der Waals surface area contributed by atoms with Crippen LogP contribution in [0.5, 0.6) is 5.75 Å². The summed E-state index contributed by atoms with van der Waals surface area (Å²) < 4.78 is 11.0. The van der Waals surface area contributed by atoms with Gasteiger partial charge in [0.05, 0.1) is 23.6 Å². The summed E-state index contributed by atoms with van der Waals surface area (Å²) in [4.78, 5) is 23.9. The fraction of sp³-hybridized carbons (Fsp3) is 0.136. The Balaban J connectivity index is 1.57. The number of hydrogen-bond acceptors (Lipinski definition) is 8. The fourth-order valence-corrected chi connectivity index (χ4v) is 3.61. The molecular formula is C22H17N5O3S. The lowest BCUT2D eigenvalue weighted by atomic mass is 10.1. The summed E-state index contributed by atoms with van der Waals surface area (Å²) in [5.74, 6) is 1.77. The van der Waals surface area contributed by atoms with Crippen molar-refractivity contribution in [3.63, 3.8) is 0 Å². The molecule has 2 aromatic carbocycles. The van der Waals surface area contributed by atoms with E-state index in [1.165, 1.54) is 11.8 Å². The van der Waals surface area contributed by atoms with Crippen molar-refractivity contribution in [1.82, 2.24) is 20.1 Å². The van der Waals surface area contributed by atoms with Crippen molar-refractivity contribution in [2.75, 3.05) is 6.61 Å². The number of H-pyrrole nitrogens is 1. The van der Waals surface area contributed by atoms with E-state index in [0.717, 1.165) is 5.56 Å². The van der Waals surface area contributed by atoms with Crippen molar-refractivity contribution in [3.05, 3.63) is 76.4 Å². The number of rotatable bonds is 7. The molecule has 0 bridgehead atoms. The quantitative estimate of drug-likeness (QED) is 0.344. The molecule has 0 amide bonds. The minimum Gasteiger partial charge on any atom is -0.493 e. The third kappa shape index (κ3) is 4.49. The van der Waals surface area contributed by atoms with E-state index >= 15 is 0 Å². The lowest BCUT2D eigenvalue weighted by Crippen LogP contribution is -2.14. The molecular weight excluding hydrogens is 414 g/mol. The number of benzene rings is 2. The van der Waals surface area contributed by atoms with Gasteiger partial charge in [0.1, 0.15) is 17.4 Å². The highest BCUT2D eigenvalue weighted by molar-refractivity contribution is 7.98. The molecule has 0 unspecified atom stereocenters. The highest BCUT2D eigenvalue weighted by atomic mass is 32.2. The lowest BCUT2D eigenvalue weighted by molar-refractivity contribution is 0.341. The molecule has 2 aromatic heterocycles. The molecule has 2 heterocycles. The number of nitrogens with zero attached hydrogens (tertiary/aromatic N) is 4. The van der Waals surface area contributed by atoms with E-state index in [1.807, 2.05) is 55.5 Å². The zero-order valence-corrected chi connectivity index (χ0v) is 17.3. The van der Waals surface area contributed by atoms with Gasteiger partial charge in [-0.15, -0.1) is 0 Å². The standard InChI is InChI=1S/C22H17N5O3S/c1-2-29-17-11-7-6-10-15(17)20-24-18(30-27-20)13-31-22-25-19(14-8-4-3-5-9-14)16(12-23)21(28)26-22/h3-11H,2,13H2,1H3,(H,25,26,28). The minimum absolute atomic E-state index is 0.0249. The summed E-state index contributed by atoms with van der Waals surface area (Å²) in [6.07, 6.45) is 0. The zero-order valence-electron chi connectivity index (χ0n) is 16.5. The lowest BCUT2D eigenvalue weighted by Gasteiger charge is -2.06. The second kappa shape index (κ2) is 9.28. The predicted octanol–water partition coefficient (Wildman–Crippen LogP) is 4.05. The van der Waals surface area contributed by atoms with Crippen molar-refractivity contribution in [2.45, 2.75) is 17.8 Å². The number of para-hydroxylation sites is 1. The van der Waals surface area contributed by atoms with Crippen molar-refractivity contribution in [1.29, 1.82) is 5.26 Å². The first-order chi connectivity index (χ1) is 15.2. The van der Waals surface area contributed by atoms with Gasteiger partial charge in [-0.05, 0) is 19.1 Å².